The van der Waals surface area contributed by atoms with Gasteiger partial charge in [-0.1, -0.05) is 12.8 Å². The van der Waals surface area contributed by atoms with Crippen LogP contribution in [0.5, 0.6) is 0 Å². The molecule has 1 aromatic heterocycles. The summed E-state index contributed by atoms with van der Waals surface area (Å²) >= 11 is 0. The van der Waals surface area contributed by atoms with E-state index in [1.54, 1.807) is 4.57 Å². The number of benzene rings is 1. The Labute approximate surface area is 137 Å². The van der Waals surface area contributed by atoms with E-state index in [-0.39, 0.29) is 36.0 Å². The number of aromatic nitrogens is 2. The maximum atomic E-state index is 12.9. The number of rotatable bonds is 5. The first-order chi connectivity index (χ1) is 11.5. The standard InChI is InChI=1S/C16H19N3O5/c1-24-9-8-17-15(20)13-10-12(19(22)23)6-7-14(13)18(16(17)21)11-4-2-3-5-11/h6-7,10-11H,2-5,8-9H2,1H3. The van der Waals surface area contributed by atoms with E-state index >= 15 is 0 Å². The normalized spacial score (nSPS) is 15.2. The first kappa shape index (κ1) is 16.4. The summed E-state index contributed by atoms with van der Waals surface area (Å²) in [5.41, 5.74) is -0.569. The Hall–Kier alpha value is -2.48. The summed E-state index contributed by atoms with van der Waals surface area (Å²) in [6.07, 6.45) is 3.80. The van der Waals surface area contributed by atoms with Gasteiger partial charge >= 0.3 is 5.69 Å². The largest absolute Gasteiger partial charge is 0.383 e. The van der Waals surface area contributed by atoms with Crippen LogP contribution in [0.25, 0.3) is 10.9 Å². The molecule has 0 saturated heterocycles. The fourth-order valence-corrected chi connectivity index (χ4v) is 3.38. The summed E-state index contributed by atoms with van der Waals surface area (Å²) in [5, 5.41) is 11.2. The van der Waals surface area contributed by atoms with Gasteiger partial charge in [-0.25, -0.2) is 4.79 Å². The van der Waals surface area contributed by atoms with Crippen molar-refractivity contribution >= 4 is 16.6 Å². The molecule has 24 heavy (non-hydrogen) atoms. The Balaban J connectivity index is 2.32. The van der Waals surface area contributed by atoms with Crippen molar-refractivity contribution in [2.75, 3.05) is 13.7 Å². The molecular formula is C16H19N3O5. The van der Waals surface area contributed by atoms with E-state index in [0.717, 1.165) is 30.3 Å². The topological polar surface area (TPSA) is 96.4 Å². The lowest BCUT2D eigenvalue weighted by Crippen LogP contribution is -2.42. The summed E-state index contributed by atoms with van der Waals surface area (Å²) in [6, 6.07) is 4.13. The van der Waals surface area contributed by atoms with Gasteiger partial charge in [-0.15, -0.1) is 0 Å². The van der Waals surface area contributed by atoms with E-state index in [0.29, 0.717) is 5.52 Å². The molecule has 8 nitrogen and oxygen atoms in total. The number of hydrogen-bond acceptors (Lipinski definition) is 5. The van der Waals surface area contributed by atoms with Crippen LogP contribution < -0.4 is 11.2 Å². The molecule has 0 atom stereocenters. The van der Waals surface area contributed by atoms with Gasteiger partial charge in [0.1, 0.15) is 0 Å². The van der Waals surface area contributed by atoms with Crippen LogP contribution in [-0.4, -0.2) is 27.8 Å². The zero-order valence-electron chi connectivity index (χ0n) is 13.4. The second-order valence-corrected chi connectivity index (χ2v) is 6.00. The molecule has 0 radical (unpaired) electrons. The highest BCUT2D eigenvalue weighted by atomic mass is 16.6. The van der Waals surface area contributed by atoms with Gasteiger partial charge < -0.3 is 4.74 Å². The third kappa shape index (κ3) is 2.73. The van der Waals surface area contributed by atoms with Crippen molar-refractivity contribution in [3.05, 3.63) is 49.2 Å². The highest BCUT2D eigenvalue weighted by molar-refractivity contribution is 5.80. The molecule has 0 spiro atoms. The Morgan fingerprint density at radius 2 is 2.00 bits per heavy atom. The van der Waals surface area contributed by atoms with E-state index in [4.69, 9.17) is 4.74 Å². The van der Waals surface area contributed by atoms with Crippen molar-refractivity contribution in [1.82, 2.24) is 9.13 Å². The lowest BCUT2D eigenvalue weighted by Gasteiger charge is -2.18. The minimum absolute atomic E-state index is 0.0239. The smallest absolute Gasteiger partial charge is 0.331 e. The van der Waals surface area contributed by atoms with Crippen molar-refractivity contribution < 1.29 is 9.66 Å². The molecule has 1 aliphatic rings. The SMILES string of the molecule is COCCn1c(=O)c2cc([N+](=O)[O-])ccc2n(C2CCCC2)c1=O. The average molecular weight is 333 g/mol. The van der Waals surface area contributed by atoms with E-state index in [1.807, 2.05) is 0 Å². The lowest BCUT2D eigenvalue weighted by molar-refractivity contribution is -0.384. The maximum Gasteiger partial charge on any atom is 0.331 e. The molecule has 1 saturated carbocycles. The van der Waals surface area contributed by atoms with Crippen LogP contribution in [-0.2, 0) is 11.3 Å². The molecule has 1 aromatic carbocycles. The number of non-ortho nitro benzene ring substituents is 1. The van der Waals surface area contributed by atoms with E-state index in [2.05, 4.69) is 0 Å². The van der Waals surface area contributed by atoms with Crippen LogP contribution in [0.3, 0.4) is 0 Å². The zero-order valence-corrected chi connectivity index (χ0v) is 13.4. The minimum atomic E-state index is -0.538. The molecule has 0 aliphatic heterocycles. The van der Waals surface area contributed by atoms with Gasteiger partial charge in [-0.2, -0.15) is 0 Å². The Kier molecular flexibility index (Phi) is 4.48. The molecule has 0 unspecified atom stereocenters. The van der Waals surface area contributed by atoms with Crippen molar-refractivity contribution in [1.29, 1.82) is 0 Å². The fourth-order valence-electron chi connectivity index (χ4n) is 3.38. The lowest BCUT2D eigenvalue weighted by atomic mass is 10.1. The maximum absolute atomic E-state index is 12.9. The second-order valence-electron chi connectivity index (χ2n) is 6.00. The summed E-state index contributed by atoms with van der Waals surface area (Å²) in [5.74, 6) is 0. The molecule has 0 bridgehead atoms. The molecule has 3 rings (SSSR count). The molecule has 8 heteroatoms. The molecule has 1 heterocycles. The van der Waals surface area contributed by atoms with E-state index in [1.165, 1.54) is 25.3 Å². The van der Waals surface area contributed by atoms with Gasteiger partial charge in [-0.3, -0.25) is 24.0 Å². The first-order valence-corrected chi connectivity index (χ1v) is 7.97. The Bertz CT molecular complexity index is 893. The van der Waals surface area contributed by atoms with Crippen molar-refractivity contribution in [2.24, 2.45) is 0 Å². The number of ether oxygens (including phenoxy) is 1. The van der Waals surface area contributed by atoms with Gasteiger partial charge in [0.2, 0.25) is 0 Å². The Morgan fingerprint density at radius 3 is 2.62 bits per heavy atom. The summed E-state index contributed by atoms with van der Waals surface area (Å²) < 4.78 is 7.73. The predicted molar refractivity (Wildman–Crippen MR) is 88.5 cm³/mol. The van der Waals surface area contributed by atoms with E-state index in [9.17, 15) is 19.7 Å². The molecule has 0 amide bonds. The van der Waals surface area contributed by atoms with Crippen LogP contribution in [0.2, 0.25) is 0 Å². The summed E-state index contributed by atoms with van der Waals surface area (Å²) in [6.45, 7) is 0.347. The molecule has 2 aromatic rings. The quantitative estimate of drug-likeness (QED) is 0.614. The van der Waals surface area contributed by atoms with Gasteiger partial charge in [0.15, 0.2) is 0 Å². The van der Waals surface area contributed by atoms with Crippen LogP contribution in [0.1, 0.15) is 31.7 Å². The van der Waals surface area contributed by atoms with Gasteiger partial charge in [0.05, 0.1) is 29.0 Å². The van der Waals surface area contributed by atoms with Crippen molar-refractivity contribution in [2.45, 2.75) is 38.3 Å². The molecule has 1 aliphatic carbocycles. The number of fused-ring (bicyclic) bond motifs is 1. The van der Waals surface area contributed by atoms with E-state index < -0.39 is 10.5 Å². The number of nitro benzene ring substituents is 1. The highest BCUT2D eigenvalue weighted by Gasteiger charge is 2.24. The van der Waals surface area contributed by atoms with Crippen LogP contribution in [0.15, 0.2) is 27.8 Å². The summed E-state index contributed by atoms with van der Waals surface area (Å²) in [4.78, 5) is 36.0. The summed E-state index contributed by atoms with van der Waals surface area (Å²) in [7, 11) is 1.49. The average Bonchev–Trinajstić information content (AvgIpc) is 3.08. The molecule has 1 fully saturated rings. The van der Waals surface area contributed by atoms with Gasteiger partial charge in [0, 0.05) is 25.3 Å². The second kappa shape index (κ2) is 6.56. The van der Waals surface area contributed by atoms with Crippen LogP contribution in [0, 0.1) is 10.1 Å². The number of hydrogen-bond donors (Lipinski definition) is 0. The van der Waals surface area contributed by atoms with Crippen LogP contribution >= 0.6 is 0 Å². The predicted octanol–water partition coefficient (Wildman–Crippen LogP) is 1.83. The number of methoxy groups -OCH3 is 1. The number of nitro groups is 1. The fraction of sp³-hybridized carbons (Fsp3) is 0.500. The molecule has 0 N–H and O–H groups in total. The minimum Gasteiger partial charge on any atom is -0.383 e. The van der Waals surface area contributed by atoms with Gasteiger partial charge in [0.25, 0.3) is 11.2 Å². The third-order valence-electron chi connectivity index (χ3n) is 4.57. The van der Waals surface area contributed by atoms with Crippen LogP contribution in [0.4, 0.5) is 5.69 Å². The Morgan fingerprint density at radius 1 is 1.29 bits per heavy atom. The monoisotopic (exact) mass is 333 g/mol. The first-order valence-electron chi connectivity index (χ1n) is 7.97. The van der Waals surface area contributed by atoms with Crippen molar-refractivity contribution in [3.63, 3.8) is 0 Å². The zero-order chi connectivity index (χ0) is 17.3. The van der Waals surface area contributed by atoms with Crippen molar-refractivity contribution in [3.8, 4) is 0 Å². The number of nitrogens with zero attached hydrogens (tertiary/aromatic N) is 3. The highest BCUT2D eigenvalue weighted by Crippen LogP contribution is 2.30. The van der Waals surface area contributed by atoms with Gasteiger partial charge in [-0.05, 0) is 18.9 Å². The molecular weight excluding hydrogens is 314 g/mol. The third-order valence-corrected chi connectivity index (χ3v) is 4.57. The molecule has 128 valence electrons.